The number of fused-ring (bicyclic) bond motifs is 1. The summed E-state index contributed by atoms with van der Waals surface area (Å²) >= 11 is 0. The number of imidazole rings is 1. The molecule has 3 heterocycles. The van der Waals surface area contributed by atoms with Crippen molar-refractivity contribution in [1.82, 2.24) is 19.5 Å². The van der Waals surface area contributed by atoms with Gasteiger partial charge in [-0.25, -0.2) is 19.7 Å². The zero-order chi connectivity index (χ0) is 29.2. The van der Waals surface area contributed by atoms with E-state index >= 15 is 0 Å². The van der Waals surface area contributed by atoms with Gasteiger partial charge in [0.15, 0.2) is 23.8 Å². The van der Waals surface area contributed by atoms with E-state index in [0.717, 1.165) is 17.9 Å². The lowest BCUT2D eigenvalue weighted by atomic mass is 10.0. The molecule has 3 rings (SSSR count). The molecule has 0 bridgehead atoms. The monoisotopic (exact) mass is 551 g/mol. The molecule has 10 heteroatoms. The second kappa shape index (κ2) is 14.7. The van der Waals surface area contributed by atoms with Gasteiger partial charge in [-0.1, -0.05) is 67.9 Å². The molecule has 4 atom stereocenters. The van der Waals surface area contributed by atoms with Gasteiger partial charge in [0.05, 0.1) is 12.9 Å². The number of esters is 1. The van der Waals surface area contributed by atoms with Crippen molar-refractivity contribution >= 4 is 23.0 Å². The average Bonchev–Trinajstić information content (AvgIpc) is 3.45. The minimum Gasteiger partial charge on any atom is -0.451 e. The van der Waals surface area contributed by atoms with Crippen LogP contribution in [-0.4, -0.2) is 60.6 Å². The predicted octanol–water partition coefficient (Wildman–Crippen LogP) is 4.35. The number of anilines is 1. The standard InChI is InChI=1S/C30H41N5O5/c1-19(2)9-6-10-20(3)11-7-12-21(4)13-8-14-22(5)15-24(37)40-27-26(38)23(16-36)39-30(27)35-18-34-25-28(31)32-17-33-29(25)35/h7-8,11-15,17-19,23,26-27,30,36,38H,6,9-10,16H2,1-5H3,(H2,31,32,33)/b12-7+,14-8+,20-11+,21-13+,22-15+/t23-,26-,27+,30-/m1/s1. The number of rotatable bonds is 12. The first-order valence-corrected chi connectivity index (χ1v) is 13.6. The Hall–Kier alpha value is -3.60. The maximum absolute atomic E-state index is 12.7. The molecule has 2 aromatic heterocycles. The van der Waals surface area contributed by atoms with Crippen molar-refractivity contribution < 1.29 is 24.5 Å². The van der Waals surface area contributed by atoms with Crippen LogP contribution in [0.5, 0.6) is 0 Å². The molecule has 1 aliphatic rings. The van der Waals surface area contributed by atoms with E-state index in [-0.39, 0.29) is 5.82 Å². The lowest BCUT2D eigenvalue weighted by Crippen LogP contribution is -2.36. The first-order valence-electron chi connectivity index (χ1n) is 13.6. The molecule has 2 aromatic rings. The number of allylic oxidation sites excluding steroid dienone is 9. The minimum absolute atomic E-state index is 0.184. The number of carbonyl (C=O) groups excluding carboxylic acids is 1. The molecule has 0 spiro atoms. The average molecular weight is 552 g/mol. The maximum atomic E-state index is 12.7. The fraction of sp³-hybridized carbons (Fsp3) is 0.467. The minimum atomic E-state index is -1.26. The molecule has 4 N–H and O–H groups in total. The molecule has 1 saturated heterocycles. The van der Waals surface area contributed by atoms with Crippen LogP contribution < -0.4 is 5.73 Å². The van der Waals surface area contributed by atoms with Gasteiger partial charge in [0.25, 0.3) is 0 Å². The predicted molar refractivity (Wildman–Crippen MR) is 155 cm³/mol. The highest BCUT2D eigenvalue weighted by Gasteiger charge is 2.47. The van der Waals surface area contributed by atoms with E-state index in [0.29, 0.717) is 16.7 Å². The SMILES string of the molecule is CC(/C=C/C=C(\C)CCCC(C)C)=C\C=C\C(C)=C\C(=O)O[C@H]1[C@H](O)[C@@H](CO)O[C@H]1n1cnc2c(N)ncnc21. The number of nitrogens with two attached hydrogens (primary N) is 1. The van der Waals surface area contributed by atoms with Gasteiger partial charge in [-0.2, -0.15) is 0 Å². The van der Waals surface area contributed by atoms with Crippen LogP contribution in [0.25, 0.3) is 11.2 Å². The van der Waals surface area contributed by atoms with Gasteiger partial charge in [-0.3, -0.25) is 4.57 Å². The highest BCUT2D eigenvalue weighted by molar-refractivity contribution is 5.83. The van der Waals surface area contributed by atoms with Crippen LogP contribution in [0.15, 0.2) is 71.9 Å². The van der Waals surface area contributed by atoms with Crippen molar-refractivity contribution in [1.29, 1.82) is 0 Å². The number of ether oxygens (including phenoxy) is 2. The fourth-order valence-electron chi connectivity index (χ4n) is 4.32. The summed E-state index contributed by atoms with van der Waals surface area (Å²) in [6.07, 6.45) is 15.2. The Morgan fingerprint density at radius 2 is 1.88 bits per heavy atom. The molecule has 0 radical (unpaired) electrons. The van der Waals surface area contributed by atoms with Crippen LogP contribution in [0.1, 0.15) is 60.1 Å². The van der Waals surface area contributed by atoms with Crippen molar-refractivity contribution in [3.8, 4) is 0 Å². The van der Waals surface area contributed by atoms with Gasteiger partial charge < -0.3 is 25.4 Å². The van der Waals surface area contributed by atoms with Crippen LogP contribution in [0.2, 0.25) is 0 Å². The quantitative estimate of drug-likeness (QED) is 0.199. The summed E-state index contributed by atoms with van der Waals surface area (Å²) < 4.78 is 12.9. The zero-order valence-corrected chi connectivity index (χ0v) is 23.9. The van der Waals surface area contributed by atoms with Gasteiger partial charge in [-0.05, 0) is 45.1 Å². The van der Waals surface area contributed by atoms with Crippen LogP contribution in [0, 0.1) is 5.92 Å². The van der Waals surface area contributed by atoms with Gasteiger partial charge in [0.2, 0.25) is 0 Å². The fourth-order valence-corrected chi connectivity index (χ4v) is 4.32. The van der Waals surface area contributed by atoms with Crippen molar-refractivity contribution in [2.45, 2.75) is 78.4 Å². The molecule has 0 saturated carbocycles. The van der Waals surface area contributed by atoms with Gasteiger partial charge >= 0.3 is 5.97 Å². The van der Waals surface area contributed by atoms with Crippen molar-refractivity contribution in [3.63, 3.8) is 0 Å². The first kappa shape index (κ1) is 30.9. The van der Waals surface area contributed by atoms with E-state index in [1.54, 1.807) is 13.0 Å². The number of nitrogen functional groups attached to an aromatic ring is 1. The summed E-state index contributed by atoms with van der Waals surface area (Å²) in [5.41, 5.74) is 9.67. The number of hydrogen-bond acceptors (Lipinski definition) is 9. The Labute approximate surface area is 235 Å². The Morgan fingerprint density at radius 1 is 1.15 bits per heavy atom. The third kappa shape index (κ3) is 8.45. The van der Waals surface area contributed by atoms with Gasteiger partial charge in [0.1, 0.15) is 24.1 Å². The summed E-state index contributed by atoms with van der Waals surface area (Å²) in [5.74, 6) is 0.261. The molecule has 0 aromatic carbocycles. The van der Waals surface area contributed by atoms with Crippen LogP contribution in [0.3, 0.4) is 0 Å². The molecule has 216 valence electrons. The van der Waals surface area contributed by atoms with Crippen LogP contribution in [-0.2, 0) is 14.3 Å². The molecule has 1 fully saturated rings. The lowest BCUT2D eigenvalue weighted by Gasteiger charge is -2.21. The molecule has 40 heavy (non-hydrogen) atoms. The molecule has 10 nitrogen and oxygen atoms in total. The van der Waals surface area contributed by atoms with Crippen molar-refractivity contribution in [2.75, 3.05) is 12.3 Å². The Morgan fingerprint density at radius 3 is 2.60 bits per heavy atom. The second-order valence-corrected chi connectivity index (χ2v) is 10.5. The summed E-state index contributed by atoms with van der Waals surface area (Å²) in [5, 5.41) is 20.3. The first-order chi connectivity index (χ1) is 19.1. The van der Waals surface area contributed by atoms with E-state index in [2.05, 4.69) is 47.9 Å². The number of aliphatic hydroxyl groups is 2. The Balaban J connectivity index is 1.62. The topological polar surface area (TPSA) is 146 Å². The second-order valence-electron chi connectivity index (χ2n) is 10.5. The summed E-state index contributed by atoms with van der Waals surface area (Å²) in [6, 6.07) is 0. The smallest absolute Gasteiger partial charge is 0.331 e. The third-order valence-electron chi connectivity index (χ3n) is 6.56. The summed E-state index contributed by atoms with van der Waals surface area (Å²) in [6.45, 7) is 9.97. The van der Waals surface area contributed by atoms with Crippen LogP contribution in [0.4, 0.5) is 5.82 Å². The molecular weight excluding hydrogens is 510 g/mol. The molecule has 1 aliphatic heterocycles. The highest BCUT2D eigenvalue weighted by atomic mass is 16.6. The van der Waals surface area contributed by atoms with E-state index in [4.69, 9.17) is 15.2 Å². The zero-order valence-electron chi connectivity index (χ0n) is 23.9. The van der Waals surface area contributed by atoms with Crippen LogP contribution >= 0.6 is 0 Å². The molecular formula is C30H41N5O5. The van der Waals surface area contributed by atoms with E-state index in [9.17, 15) is 15.0 Å². The number of aliphatic hydroxyl groups excluding tert-OH is 2. The third-order valence-corrected chi connectivity index (χ3v) is 6.56. The molecule has 0 unspecified atom stereocenters. The van der Waals surface area contributed by atoms with E-state index in [1.807, 2.05) is 25.2 Å². The number of nitrogens with zero attached hydrogens (tertiary/aromatic N) is 4. The van der Waals surface area contributed by atoms with Gasteiger partial charge in [0, 0.05) is 6.08 Å². The number of aromatic nitrogens is 4. The Kier molecular flexibility index (Phi) is 11.4. The van der Waals surface area contributed by atoms with Crippen molar-refractivity contribution in [2.24, 2.45) is 5.92 Å². The number of hydrogen-bond donors (Lipinski definition) is 3. The normalized spacial score (nSPS) is 22.9. The van der Waals surface area contributed by atoms with E-state index in [1.165, 1.54) is 41.7 Å². The number of carbonyl (C=O) groups is 1. The molecule has 0 aliphatic carbocycles. The molecule has 0 amide bonds. The lowest BCUT2D eigenvalue weighted by molar-refractivity contribution is -0.152. The summed E-state index contributed by atoms with van der Waals surface area (Å²) in [4.78, 5) is 25.0. The van der Waals surface area contributed by atoms with E-state index < -0.39 is 37.1 Å². The Bertz CT molecular complexity index is 1310. The van der Waals surface area contributed by atoms with Crippen molar-refractivity contribution in [3.05, 3.63) is 71.9 Å². The maximum Gasteiger partial charge on any atom is 0.331 e. The van der Waals surface area contributed by atoms with Gasteiger partial charge in [-0.15, -0.1) is 0 Å². The largest absolute Gasteiger partial charge is 0.451 e. The summed E-state index contributed by atoms with van der Waals surface area (Å²) in [7, 11) is 0. The highest BCUT2D eigenvalue weighted by Crippen LogP contribution is 2.34.